The zero-order valence-electron chi connectivity index (χ0n) is 12.4. The van der Waals surface area contributed by atoms with Crippen molar-refractivity contribution in [3.05, 3.63) is 59.7 Å². The first kappa shape index (κ1) is 15.9. The third-order valence-electron chi connectivity index (χ3n) is 3.14. The summed E-state index contributed by atoms with van der Waals surface area (Å²) in [6.07, 6.45) is 2.04. The maximum absolute atomic E-state index is 6.27. The van der Waals surface area contributed by atoms with Crippen molar-refractivity contribution in [1.82, 2.24) is 0 Å². The van der Waals surface area contributed by atoms with Gasteiger partial charge in [-0.1, -0.05) is 49.7 Å². The summed E-state index contributed by atoms with van der Waals surface area (Å²) >= 11 is 7.95. The number of rotatable bonds is 5. The largest absolute Gasteiger partial charge is 0.277 e. The molecule has 0 aliphatic heterocycles. The van der Waals surface area contributed by atoms with Gasteiger partial charge >= 0.3 is 0 Å². The van der Waals surface area contributed by atoms with Gasteiger partial charge in [-0.05, 0) is 42.0 Å². The molecule has 0 bridgehead atoms. The van der Waals surface area contributed by atoms with Crippen molar-refractivity contribution >= 4 is 34.2 Å². The Hall–Kier alpha value is -1.45. The van der Waals surface area contributed by atoms with Crippen molar-refractivity contribution in [2.24, 2.45) is 5.10 Å². The number of nitrogens with zero attached hydrogens (tertiary/aromatic N) is 1. The van der Waals surface area contributed by atoms with E-state index >= 15 is 0 Å². The average molecular weight is 319 g/mol. The number of halogens is 1. The number of nitrogens with one attached hydrogen (secondary N) is 1. The first-order chi connectivity index (χ1) is 10.1. The topological polar surface area (TPSA) is 24.4 Å². The van der Waals surface area contributed by atoms with Crippen LogP contribution in [0.4, 0.5) is 5.69 Å². The molecule has 2 aromatic rings. The molecule has 0 saturated heterocycles. The van der Waals surface area contributed by atoms with Gasteiger partial charge < -0.3 is 0 Å². The Morgan fingerprint density at radius 3 is 2.62 bits per heavy atom. The second-order valence-electron chi connectivity index (χ2n) is 5.03. The maximum atomic E-state index is 6.27. The second-order valence-corrected chi connectivity index (χ2v) is 6.26. The van der Waals surface area contributed by atoms with Crippen LogP contribution in [0.3, 0.4) is 0 Å². The summed E-state index contributed by atoms with van der Waals surface area (Å²) in [5.41, 5.74) is 6.16. The van der Waals surface area contributed by atoms with Gasteiger partial charge in [-0.3, -0.25) is 5.43 Å². The van der Waals surface area contributed by atoms with E-state index in [4.69, 9.17) is 11.6 Å². The summed E-state index contributed by atoms with van der Waals surface area (Å²) in [6, 6.07) is 16.2. The molecule has 2 aromatic carbocycles. The number of hydrogen-bond donors (Lipinski definition) is 1. The molecule has 0 saturated carbocycles. The Labute approximate surface area is 135 Å². The third kappa shape index (κ3) is 4.51. The van der Waals surface area contributed by atoms with Gasteiger partial charge in [0.05, 0.1) is 5.69 Å². The van der Waals surface area contributed by atoms with Gasteiger partial charge in [0.15, 0.2) is 5.17 Å². The molecule has 0 amide bonds. The van der Waals surface area contributed by atoms with Gasteiger partial charge in [0.2, 0.25) is 0 Å². The van der Waals surface area contributed by atoms with Gasteiger partial charge in [-0.25, -0.2) is 0 Å². The van der Waals surface area contributed by atoms with Crippen LogP contribution in [0.25, 0.3) is 0 Å². The van der Waals surface area contributed by atoms with Crippen molar-refractivity contribution in [2.75, 3.05) is 11.7 Å². The molecule has 0 spiro atoms. The van der Waals surface area contributed by atoms with E-state index < -0.39 is 0 Å². The Balaban J connectivity index is 2.14. The fourth-order valence-corrected chi connectivity index (χ4v) is 2.52. The lowest BCUT2D eigenvalue weighted by molar-refractivity contribution is 0.867. The predicted molar refractivity (Wildman–Crippen MR) is 94.8 cm³/mol. The van der Waals surface area contributed by atoms with Crippen LogP contribution in [-0.2, 0) is 0 Å². The molecule has 0 unspecified atom stereocenters. The minimum Gasteiger partial charge on any atom is -0.277 e. The summed E-state index contributed by atoms with van der Waals surface area (Å²) < 4.78 is 0. The summed E-state index contributed by atoms with van der Waals surface area (Å²) in [7, 11) is 0. The lowest BCUT2D eigenvalue weighted by atomic mass is 10.0. The van der Waals surface area contributed by atoms with Crippen LogP contribution in [0.2, 0.25) is 0 Å². The molecule has 110 valence electrons. The van der Waals surface area contributed by atoms with E-state index in [9.17, 15) is 0 Å². The Kier molecular flexibility index (Phi) is 5.71. The van der Waals surface area contributed by atoms with Crippen LogP contribution < -0.4 is 5.43 Å². The van der Waals surface area contributed by atoms with E-state index in [2.05, 4.69) is 42.6 Å². The Bertz CT molecular complexity index is 638. The van der Waals surface area contributed by atoms with Crippen molar-refractivity contribution in [3.63, 3.8) is 0 Å². The monoisotopic (exact) mass is 318 g/mol. The first-order valence-corrected chi connectivity index (χ1v) is 8.44. The molecule has 0 heterocycles. The molecule has 0 aliphatic carbocycles. The van der Waals surface area contributed by atoms with Crippen LogP contribution in [0.15, 0.2) is 58.5 Å². The number of hydrazone groups is 1. The summed E-state index contributed by atoms with van der Waals surface area (Å²) in [5, 5.41) is 4.72. The quantitative estimate of drug-likeness (QED) is 0.444. The van der Waals surface area contributed by atoms with E-state index in [-0.39, 0.29) is 0 Å². The molecule has 0 radical (unpaired) electrons. The lowest BCUT2D eigenvalue weighted by Gasteiger charge is -2.08. The van der Waals surface area contributed by atoms with Crippen molar-refractivity contribution < 1.29 is 0 Å². The minimum atomic E-state index is 0.459. The minimum absolute atomic E-state index is 0.459. The van der Waals surface area contributed by atoms with Crippen LogP contribution in [0, 0.1) is 0 Å². The lowest BCUT2D eigenvalue weighted by Crippen LogP contribution is -1.98. The van der Waals surface area contributed by atoms with Crippen LogP contribution in [0.1, 0.15) is 30.9 Å². The van der Waals surface area contributed by atoms with E-state index in [1.807, 2.05) is 36.6 Å². The van der Waals surface area contributed by atoms with Gasteiger partial charge in [0.1, 0.15) is 0 Å². The van der Waals surface area contributed by atoms with E-state index in [0.29, 0.717) is 11.1 Å². The number of anilines is 1. The molecule has 4 heteroatoms. The molecule has 21 heavy (non-hydrogen) atoms. The smallest absolute Gasteiger partial charge is 0.156 e. The molecule has 0 atom stereocenters. The fraction of sp³-hybridized carbons (Fsp3) is 0.235. The zero-order valence-corrected chi connectivity index (χ0v) is 14.0. The molecule has 1 N–H and O–H groups in total. The highest BCUT2D eigenvalue weighted by molar-refractivity contribution is 7.98. The summed E-state index contributed by atoms with van der Waals surface area (Å²) in [5.74, 6) is 0.490. The van der Waals surface area contributed by atoms with Crippen LogP contribution >= 0.6 is 23.4 Å². The molecule has 2 rings (SSSR count). The standard InChI is InChI=1S/C17H19ClN2S/c1-12(2)13-6-4-8-15(10-13)19-20-17(18)14-7-5-9-16(11-14)21-3/h4-12,19H,1-3H3. The predicted octanol–water partition coefficient (Wildman–Crippen LogP) is 5.54. The molecular formula is C17H19ClN2S. The van der Waals surface area contributed by atoms with Crippen molar-refractivity contribution in [2.45, 2.75) is 24.7 Å². The number of thioether (sulfide) groups is 1. The summed E-state index contributed by atoms with van der Waals surface area (Å²) in [6.45, 7) is 4.34. The van der Waals surface area contributed by atoms with Gasteiger partial charge in [-0.15, -0.1) is 11.8 Å². The summed E-state index contributed by atoms with van der Waals surface area (Å²) in [4.78, 5) is 1.17. The average Bonchev–Trinajstić information content (AvgIpc) is 2.53. The molecule has 0 fully saturated rings. The fourth-order valence-electron chi connectivity index (χ4n) is 1.90. The van der Waals surface area contributed by atoms with Gasteiger partial charge in [0.25, 0.3) is 0 Å². The molecule has 0 aliphatic rings. The number of hydrogen-bond acceptors (Lipinski definition) is 3. The highest BCUT2D eigenvalue weighted by Gasteiger charge is 2.02. The SMILES string of the molecule is CSc1cccc(C(Cl)=NNc2cccc(C(C)C)c2)c1. The molecule has 2 nitrogen and oxygen atoms in total. The van der Waals surface area contributed by atoms with Crippen molar-refractivity contribution in [1.29, 1.82) is 0 Å². The van der Waals surface area contributed by atoms with Crippen LogP contribution in [0.5, 0.6) is 0 Å². The zero-order chi connectivity index (χ0) is 15.2. The van der Waals surface area contributed by atoms with Crippen LogP contribution in [-0.4, -0.2) is 11.4 Å². The van der Waals surface area contributed by atoms with Crippen molar-refractivity contribution in [3.8, 4) is 0 Å². The first-order valence-electron chi connectivity index (χ1n) is 6.83. The molecular weight excluding hydrogens is 300 g/mol. The number of benzene rings is 2. The highest BCUT2D eigenvalue weighted by Crippen LogP contribution is 2.20. The van der Waals surface area contributed by atoms with Gasteiger partial charge in [-0.2, -0.15) is 5.10 Å². The normalized spacial score (nSPS) is 11.8. The maximum Gasteiger partial charge on any atom is 0.156 e. The third-order valence-corrected chi connectivity index (χ3v) is 4.17. The molecule has 0 aromatic heterocycles. The van der Waals surface area contributed by atoms with E-state index in [1.54, 1.807) is 11.8 Å². The second kappa shape index (κ2) is 7.53. The van der Waals surface area contributed by atoms with Gasteiger partial charge in [0, 0.05) is 10.5 Å². The van der Waals surface area contributed by atoms with E-state index in [0.717, 1.165) is 11.3 Å². The Morgan fingerprint density at radius 2 is 1.90 bits per heavy atom. The highest BCUT2D eigenvalue weighted by atomic mass is 35.5. The Morgan fingerprint density at radius 1 is 1.14 bits per heavy atom. The van der Waals surface area contributed by atoms with E-state index in [1.165, 1.54) is 10.5 Å².